The smallest absolute Gasteiger partial charge is 0.322 e. The third kappa shape index (κ3) is 9.44. The molecule has 29 heavy (non-hydrogen) atoms. The second-order valence-electron chi connectivity index (χ2n) is 6.49. The quantitative estimate of drug-likeness (QED) is 0.303. The number of thioether (sulfide) groups is 1. The minimum Gasteiger partial charge on any atom is -0.480 e. The van der Waals surface area contributed by atoms with Crippen LogP contribution in [0.1, 0.15) is 18.9 Å². The lowest BCUT2D eigenvalue weighted by atomic mass is 10.0. The van der Waals surface area contributed by atoms with Crippen molar-refractivity contribution in [2.75, 3.05) is 18.6 Å². The summed E-state index contributed by atoms with van der Waals surface area (Å²) in [6, 6.07) is 6.39. The van der Waals surface area contributed by atoms with Crippen molar-refractivity contribution in [2.45, 2.75) is 37.9 Å². The summed E-state index contributed by atoms with van der Waals surface area (Å²) in [6.45, 7) is 0.952. The van der Waals surface area contributed by atoms with Gasteiger partial charge < -0.3 is 26.8 Å². The van der Waals surface area contributed by atoms with Crippen LogP contribution in [0.15, 0.2) is 30.3 Å². The first-order valence-corrected chi connectivity index (χ1v) is 10.5. The zero-order valence-corrected chi connectivity index (χ0v) is 17.3. The Balaban J connectivity index is 2.93. The van der Waals surface area contributed by atoms with Gasteiger partial charge in [-0.15, -0.1) is 0 Å². The molecular formula is C19H28N4O5S. The fourth-order valence-corrected chi connectivity index (χ4v) is 2.90. The van der Waals surface area contributed by atoms with E-state index in [-0.39, 0.29) is 6.42 Å². The van der Waals surface area contributed by atoms with Gasteiger partial charge in [-0.3, -0.25) is 19.2 Å². The van der Waals surface area contributed by atoms with Crippen molar-refractivity contribution < 1.29 is 24.3 Å². The number of rotatable bonds is 12. The van der Waals surface area contributed by atoms with Gasteiger partial charge in [0, 0.05) is 6.42 Å². The molecule has 0 saturated heterocycles. The lowest BCUT2D eigenvalue weighted by molar-refractivity contribution is -0.138. The van der Waals surface area contributed by atoms with E-state index >= 15 is 0 Å². The largest absolute Gasteiger partial charge is 0.480 e. The summed E-state index contributed by atoms with van der Waals surface area (Å²) >= 11 is 1.51. The van der Waals surface area contributed by atoms with E-state index in [2.05, 4.69) is 16.0 Å². The van der Waals surface area contributed by atoms with Gasteiger partial charge in [-0.1, -0.05) is 30.3 Å². The molecule has 0 spiro atoms. The summed E-state index contributed by atoms with van der Waals surface area (Å²) in [4.78, 5) is 47.9. The molecular weight excluding hydrogens is 396 g/mol. The van der Waals surface area contributed by atoms with Gasteiger partial charge in [-0.2, -0.15) is 11.8 Å². The summed E-state index contributed by atoms with van der Waals surface area (Å²) in [5.74, 6) is -2.19. The predicted octanol–water partition coefficient (Wildman–Crippen LogP) is -0.500. The van der Waals surface area contributed by atoms with Crippen molar-refractivity contribution >= 4 is 35.5 Å². The van der Waals surface area contributed by atoms with Crippen molar-refractivity contribution in [3.05, 3.63) is 35.9 Å². The van der Waals surface area contributed by atoms with Crippen LogP contribution in [0.3, 0.4) is 0 Å². The van der Waals surface area contributed by atoms with Crippen LogP contribution in [0.2, 0.25) is 0 Å². The average Bonchev–Trinajstić information content (AvgIpc) is 2.69. The van der Waals surface area contributed by atoms with E-state index in [9.17, 15) is 19.2 Å². The second-order valence-corrected chi connectivity index (χ2v) is 7.48. The standard InChI is InChI=1S/C19H28N4O5S/c1-12(20)17(26)22-14(8-9-29-2)19(28)23-15(18(27)21-11-16(24)25)10-13-6-4-3-5-7-13/h3-7,12,14-15H,8-11,20H2,1-2H3,(H,21,27)(H,22,26)(H,23,28)(H,24,25). The molecule has 0 saturated carbocycles. The van der Waals surface area contributed by atoms with E-state index in [0.717, 1.165) is 5.56 Å². The topological polar surface area (TPSA) is 151 Å². The fraction of sp³-hybridized carbons (Fsp3) is 0.474. The number of benzene rings is 1. The van der Waals surface area contributed by atoms with E-state index in [4.69, 9.17) is 10.8 Å². The number of carboxylic acid groups (broad SMARTS) is 1. The number of nitrogens with two attached hydrogens (primary N) is 1. The molecule has 9 nitrogen and oxygen atoms in total. The van der Waals surface area contributed by atoms with Gasteiger partial charge >= 0.3 is 5.97 Å². The number of carboxylic acids is 1. The minimum atomic E-state index is -1.19. The molecule has 1 aromatic carbocycles. The van der Waals surface area contributed by atoms with Crippen LogP contribution in [0.4, 0.5) is 0 Å². The molecule has 0 fully saturated rings. The van der Waals surface area contributed by atoms with Crippen LogP contribution in [0, 0.1) is 0 Å². The van der Waals surface area contributed by atoms with Gasteiger partial charge in [0.15, 0.2) is 0 Å². The number of hydrogen-bond donors (Lipinski definition) is 5. The number of carbonyl (C=O) groups is 4. The zero-order chi connectivity index (χ0) is 21.8. The van der Waals surface area contributed by atoms with Crippen molar-refractivity contribution in [3.8, 4) is 0 Å². The monoisotopic (exact) mass is 424 g/mol. The summed E-state index contributed by atoms with van der Waals surface area (Å²) in [5, 5.41) is 16.3. The zero-order valence-electron chi connectivity index (χ0n) is 16.5. The van der Waals surface area contributed by atoms with Crippen molar-refractivity contribution in [3.63, 3.8) is 0 Å². The average molecular weight is 425 g/mol. The Bertz CT molecular complexity index is 699. The third-order valence-electron chi connectivity index (χ3n) is 3.99. The first-order chi connectivity index (χ1) is 13.7. The lowest BCUT2D eigenvalue weighted by Crippen LogP contribution is -2.56. The molecule has 3 unspecified atom stereocenters. The number of carbonyl (C=O) groups excluding carboxylic acids is 3. The molecule has 3 amide bonds. The van der Waals surface area contributed by atoms with Gasteiger partial charge in [-0.05, 0) is 30.9 Å². The van der Waals surface area contributed by atoms with Crippen molar-refractivity contribution in [2.24, 2.45) is 5.73 Å². The molecule has 0 aliphatic rings. The van der Waals surface area contributed by atoms with Gasteiger partial charge in [0.2, 0.25) is 17.7 Å². The van der Waals surface area contributed by atoms with Gasteiger partial charge in [-0.25, -0.2) is 0 Å². The molecule has 0 heterocycles. The SMILES string of the molecule is CSCCC(NC(=O)C(C)N)C(=O)NC(Cc1ccccc1)C(=O)NCC(=O)O. The number of amides is 3. The maximum Gasteiger partial charge on any atom is 0.322 e. The highest BCUT2D eigenvalue weighted by Gasteiger charge is 2.27. The molecule has 0 aliphatic heterocycles. The Morgan fingerprint density at radius 2 is 1.66 bits per heavy atom. The van der Waals surface area contributed by atoms with E-state index in [0.29, 0.717) is 12.2 Å². The third-order valence-corrected chi connectivity index (χ3v) is 4.63. The summed E-state index contributed by atoms with van der Waals surface area (Å²) < 4.78 is 0. The summed E-state index contributed by atoms with van der Waals surface area (Å²) in [7, 11) is 0. The highest BCUT2D eigenvalue weighted by atomic mass is 32.2. The number of hydrogen-bond acceptors (Lipinski definition) is 6. The van der Waals surface area contributed by atoms with E-state index < -0.39 is 48.4 Å². The highest BCUT2D eigenvalue weighted by molar-refractivity contribution is 7.98. The van der Waals surface area contributed by atoms with Crippen LogP contribution >= 0.6 is 11.8 Å². The van der Waals surface area contributed by atoms with Crippen molar-refractivity contribution in [1.29, 1.82) is 0 Å². The Morgan fingerprint density at radius 1 is 1.03 bits per heavy atom. The van der Waals surface area contributed by atoms with Crippen LogP contribution in [-0.4, -0.2) is 65.5 Å². The highest BCUT2D eigenvalue weighted by Crippen LogP contribution is 2.06. The summed E-state index contributed by atoms with van der Waals surface area (Å²) in [6.07, 6.45) is 2.41. The molecule has 10 heteroatoms. The van der Waals surface area contributed by atoms with E-state index in [1.165, 1.54) is 18.7 Å². The molecule has 0 bridgehead atoms. The fourth-order valence-electron chi connectivity index (χ4n) is 2.42. The Hall–Kier alpha value is -2.59. The molecule has 1 rings (SSSR count). The first kappa shape index (κ1) is 24.4. The molecule has 0 aliphatic carbocycles. The molecule has 0 radical (unpaired) electrons. The number of aliphatic carboxylic acids is 1. The molecule has 160 valence electrons. The molecule has 1 aromatic rings. The van der Waals surface area contributed by atoms with Crippen molar-refractivity contribution in [1.82, 2.24) is 16.0 Å². The first-order valence-electron chi connectivity index (χ1n) is 9.13. The molecule has 0 aromatic heterocycles. The summed E-state index contributed by atoms with van der Waals surface area (Å²) in [5.41, 5.74) is 6.36. The van der Waals surface area contributed by atoms with Gasteiger partial charge in [0.1, 0.15) is 18.6 Å². The predicted molar refractivity (Wildman–Crippen MR) is 111 cm³/mol. The normalized spacial score (nSPS) is 13.6. The van der Waals surface area contributed by atoms with Gasteiger partial charge in [0.25, 0.3) is 0 Å². The van der Waals surface area contributed by atoms with Gasteiger partial charge in [0.05, 0.1) is 6.04 Å². The second kappa shape index (κ2) is 12.8. The van der Waals surface area contributed by atoms with Crippen LogP contribution in [0.5, 0.6) is 0 Å². The Labute approximate surface area is 174 Å². The van der Waals surface area contributed by atoms with Crippen LogP contribution < -0.4 is 21.7 Å². The Morgan fingerprint density at radius 3 is 2.21 bits per heavy atom. The molecule has 3 atom stereocenters. The lowest BCUT2D eigenvalue weighted by Gasteiger charge is -2.23. The van der Waals surface area contributed by atoms with Crippen LogP contribution in [0.25, 0.3) is 0 Å². The minimum absolute atomic E-state index is 0.175. The van der Waals surface area contributed by atoms with E-state index in [1.807, 2.05) is 12.3 Å². The Kier molecular flexibility index (Phi) is 10.8. The van der Waals surface area contributed by atoms with Crippen LogP contribution in [-0.2, 0) is 25.6 Å². The van der Waals surface area contributed by atoms with E-state index in [1.54, 1.807) is 24.3 Å². The number of nitrogens with one attached hydrogen (secondary N) is 3. The maximum absolute atomic E-state index is 12.8. The molecule has 6 N–H and O–H groups in total. The maximum atomic E-state index is 12.8.